The predicted octanol–water partition coefficient (Wildman–Crippen LogP) is 2.47. The summed E-state index contributed by atoms with van der Waals surface area (Å²) >= 11 is 0. The summed E-state index contributed by atoms with van der Waals surface area (Å²) < 4.78 is 3.25. The molecule has 0 aliphatic heterocycles. The molecule has 140 valence electrons. The van der Waals surface area contributed by atoms with Crippen LogP contribution in [0.3, 0.4) is 0 Å². The molecule has 0 saturated carbocycles. The molecule has 0 radical (unpaired) electrons. The minimum Gasteiger partial charge on any atom is -0.348 e. The number of carbonyl (C=O) groups excluding carboxylic acids is 1. The molecule has 0 aliphatic rings. The Bertz CT molecular complexity index is 960. The first-order valence-electron chi connectivity index (χ1n) is 8.43. The summed E-state index contributed by atoms with van der Waals surface area (Å²) in [5.74, 6) is -0.262. The molecule has 0 bridgehead atoms. The van der Waals surface area contributed by atoms with E-state index in [2.05, 4.69) is 15.4 Å². The zero-order valence-electron chi connectivity index (χ0n) is 15.3. The van der Waals surface area contributed by atoms with Crippen LogP contribution in [0.5, 0.6) is 0 Å². The molecule has 27 heavy (non-hydrogen) atoms. The normalized spacial score (nSPS) is 12.0. The zero-order chi connectivity index (χ0) is 19.6. The number of nitro groups is 1. The van der Waals surface area contributed by atoms with Gasteiger partial charge in [-0.1, -0.05) is 12.1 Å². The first-order valence-corrected chi connectivity index (χ1v) is 8.43. The lowest BCUT2D eigenvalue weighted by Crippen LogP contribution is -2.30. The Balaban J connectivity index is 1.66. The quantitative estimate of drug-likeness (QED) is 0.531. The molecule has 1 unspecified atom stereocenters. The van der Waals surface area contributed by atoms with Crippen molar-refractivity contribution in [3.63, 3.8) is 0 Å². The van der Waals surface area contributed by atoms with Gasteiger partial charge in [0.25, 0.3) is 0 Å². The van der Waals surface area contributed by atoms with Gasteiger partial charge in [-0.15, -0.1) is 0 Å². The molecule has 1 atom stereocenters. The minimum atomic E-state index is -0.476. The first-order chi connectivity index (χ1) is 12.9. The fourth-order valence-corrected chi connectivity index (χ4v) is 2.96. The van der Waals surface area contributed by atoms with E-state index in [4.69, 9.17) is 0 Å². The van der Waals surface area contributed by atoms with Crippen molar-refractivity contribution in [3.05, 3.63) is 70.1 Å². The number of nitrogens with zero attached hydrogens (tertiary/aromatic N) is 5. The number of rotatable bonds is 6. The van der Waals surface area contributed by atoms with Gasteiger partial charge in [0.05, 0.1) is 17.3 Å². The van der Waals surface area contributed by atoms with Crippen molar-refractivity contribution < 1.29 is 9.72 Å². The Morgan fingerprint density at radius 3 is 2.56 bits per heavy atom. The summed E-state index contributed by atoms with van der Waals surface area (Å²) in [7, 11) is 0. The average Bonchev–Trinajstić information content (AvgIpc) is 3.23. The number of imidazole rings is 1. The Kier molecular flexibility index (Phi) is 5.02. The predicted molar refractivity (Wildman–Crippen MR) is 98.5 cm³/mol. The van der Waals surface area contributed by atoms with E-state index < -0.39 is 4.92 Å². The van der Waals surface area contributed by atoms with Crippen LogP contribution >= 0.6 is 0 Å². The number of aryl methyl sites for hydroxylation is 1. The summed E-state index contributed by atoms with van der Waals surface area (Å²) in [6, 6.07) is 7.57. The molecule has 1 amide bonds. The van der Waals surface area contributed by atoms with Crippen molar-refractivity contribution in [2.45, 2.75) is 33.4 Å². The van der Waals surface area contributed by atoms with E-state index in [0.29, 0.717) is 11.4 Å². The first kappa shape index (κ1) is 18.3. The smallest absolute Gasteiger partial charge is 0.312 e. The van der Waals surface area contributed by atoms with Crippen LogP contribution in [0, 0.1) is 24.0 Å². The van der Waals surface area contributed by atoms with Crippen LogP contribution in [0.15, 0.2) is 43.0 Å². The van der Waals surface area contributed by atoms with Gasteiger partial charge >= 0.3 is 5.69 Å². The van der Waals surface area contributed by atoms with Crippen molar-refractivity contribution in [1.29, 1.82) is 0 Å². The van der Waals surface area contributed by atoms with Gasteiger partial charge < -0.3 is 9.88 Å². The topological polar surface area (TPSA) is 108 Å². The van der Waals surface area contributed by atoms with E-state index in [0.717, 1.165) is 11.3 Å². The highest BCUT2D eigenvalue weighted by atomic mass is 16.6. The Hall–Kier alpha value is -3.49. The van der Waals surface area contributed by atoms with Gasteiger partial charge in [-0.05, 0) is 38.5 Å². The molecule has 2 heterocycles. The van der Waals surface area contributed by atoms with Gasteiger partial charge in [-0.2, -0.15) is 5.10 Å². The van der Waals surface area contributed by atoms with E-state index in [1.54, 1.807) is 26.4 Å². The highest BCUT2D eigenvalue weighted by Gasteiger charge is 2.23. The third-order valence-electron chi connectivity index (χ3n) is 4.39. The fraction of sp³-hybridized carbons (Fsp3) is 0.278. The van der Waals surface area contributed by atoms with E-state index in [1.807, 2.05) is 42.0 Å². The van der Waals surface area contributed by atoms with Crippen molar-refractivity contribution in [1.82, 2.24) is 24.6 Å². The zero-order valence-corrected chi connectivity index (χ0v) is 15.3. The van der Waals surface area contributed by atoms with Crippen molar-refractivity contribution >= 4 is 11.6 Å². The molecule has 0 spiro atoms. The number of carbonyl (C=O) groups is 1. The van der Waals surface area contributed by atoms with Crippen LogP contribution in [-0.4, -0.2) is 30.2 Å². The van der Waals surface area contributed by atoms with Gasteiger partial charge in [0, 0.05) is 18.1 Å². The maximum absolute atomic E-state index is 12.3. The molecule has 3 aromatic rings. The monoisotopic (exact) mass is 368 g/mol. The molecule has 3 rings (SSSR count). The van der Waals surface area contributed by atoms with Crippen LogP contribution in [0.25, 0.3) is 5.69 Å². The van der Waals surface area contributed by atoms with E-state index in [-0.39, 0.29) is 24.2 Å². The highest BCUT2D eigenvalue weighted by Crippen LogP contribution is 2.22. The summed E-state index contributed by atoms with van der Waals surface area (Å²) in [6.07, 6.45) is 5.28. The second kappa shape index (κ2) is 7.40. The van der Waals surface area contributed by atoms with Crippen molar-refractivity contribution in [3.8, 4) is 5.69 Å². The molecule has 0 saturated heterocycles. The van der Waals surface area contributed by atoms with Crippen molar-refractivity contribution in [2.24, 2.45) is 0 Å². The number of hydrogen-bond acceptors (Lipinski definition) is 5. The van der Waals surface area contributed by atoms with E-state index in [9.17, 15) is 14.9 Å². The number of nitrogens with one attached hydrogen (secondary N) is 1. The van der Waals surface area contributed by atoms with Crippen LogP contribution < -0.4 is 5.32 Å². The highest BCUT2D eigenvalue weighted by molar-refractivity contribution is 5.76. The van der Waals surface area contributed by atoms with Gasteiger partial charge in [-0.25, -0.2) is 4.98 Å². The summed E-state index contributed by atoms with van der Waals surface area (Å²) in [5.41, 5.74) is 2.54. The summed E-state index contributed by atoms with van der Waals surface area (Å²) in [6.45, 7) is 4.96. The van der Waals surface area contributed by atoms with Gasteiger partial charge in [-0.3, -0.25) is 19.6 Å². The third kappa shape index (κ3) is 3.86. The van der Waals surface area contributed by atoms with Crippen LogP contribution in [-0.2, 0) is 11.3 Å². The molecular weight excluding hydrogens is 348 g/mol. The van der Waals surface area contributed by atoms with Gasteiger partial charge in [0.15, 0.2) is 0 Å². The molecule has 1 N–H and O–H groups in total. The maximum atomic E-state index is 12.3. The van der Waals surface area contributed by atoms with Gasteiger partial charge in [0.2, 0.25) is 5.91 Å². The number of hydrogen-bond donors (Lipinski definition) is 1. The van der Waals surface area contributed by atoms with Crippen LogP contribution in [0.1, 0.15) is 29.9 Å². The molecule has 9 nitrogen and oxygen atoms in total. The lowest BCUT2D eigenvalue weighted by Gasteiger charge is -2.15. The minimum absolute atomic E-state index is 0.0501. The molecular formula is C18H20N6O3. The van der Waals surface area contributed by atoms with Crippen molar-refractivity contribution in [2.75, 3.05) is 0 Å². The molecule has 2 aromatic heterocycles. The summed E-state index contributed by atoms with van der Waals surface area (Å²) in [4.78, 5) is 26.9. The lowest BCUT2D eigenvalue weighted by molar-refractivity contribution is -0.386. The molecule has 9 heteroatoms. The SMILES string of the molecule is Cc1nn(CC(=O)NC(C)c2ccc(-n3ccnc3)cc2)c(C)c1[N+](=O)[O-]. The maximum Gasteiger partial charge on any atom is 0.312 e. The van der Waals surface area contributed by atoms with Gasteiger partial charge in [0.1, 0.15) is 17.9 Å². The lowest BCUT2D eigenvalue weighted by atomic mass is 10.1. The standard InChI is InChI=1S/C18H20N6O3/c1-12(15-4-6-16(7-5-15)22-9-8-19-11-22)20-17(25)10-23-14(3)18(24(26)27)13(2)21-23/h4-9,11-12H,10H2,1-3H3,(H,20,25). The second-order valence-electron chi connectivity index (χ2n) is 6.28. The molecule has 1 aromatic carbocycles. The Morgan fingerprint density at radius 2 is 2.00 bits per heavy atom. The average molecular weight is 368 g/mol. The van der Waals surface area contributed by atoms with E-state index >= 15 is 0 Å². The number of amides is 1. The fourth-order valence-electron chi connectivity index (χ4n) is 2.96. The Morgan fingerprint density at radius 1 is 1.30 bits per heavy atom. The molecule has 0 fully saturated rings. The van der Waals surface area contributed by atoms with Crippen LogP contribution in [0.2, 0.25) is 0 Å². The second-order valence-corrected chi connectivity index (χ2v) is 6.28. The summed E-state index contributed by atoms with van der Waals surface area (Å²) in [5, 5.41) is 18.1. The number of aromatic nitrogens is 4. The van der Waals surface area contributed by atoms with Crippen LogP contribution in [0.4, 0.5) is 5.69 Å². The third-order valence-corrected chi connectivity index (χ3v) is 4.39. The Labute approximate surface area is 155 Å². The van der Waals surface area contributed by atoms with E-state index in [1.165, 1.54) is 4.68 Å². The largest absolute Gasteiger partial charge is 0.348 e. The molecule has 0 aliphatic carbocycles. The number of benzene rings is 1.